The van der Waals surface area contributed by atoms with Crippen LogP contribution in [-0.4, -0.2) is 19.5 Å². The maximum Gasteiger partial charge on any atom is 0.165 e. The van der Waals surface area contributed by atoms with Crippen LogP contribution in [0.2, 0.25) is 5.02 Å². The van der Waals surface area contributed by atoms with Crippen LogP contribution >= 0.6 is 11.6 Å². The quantitative estimate of drug-likeness (QED) is 0.737. The Morgan fingerprint density at radius 3 is 2.69 bits per heavy atom. The summed E-state index contributed by atoms with van der Waals surface area (Å²) < 4.78 is 4.97. The average Bonchev–Trinajstić information content (AvgIpc) is 2.23. The van der Waals surface area contributed by atoms with E-state index < -0.39 is 0 Å². The number of carbonyl (C=O) groups excluding carboxylic acids is 1. The van der Waals surface area contributed by atoms with Crippen LogP contribution in [0.3, 0.4) is 0 Å². The monoisotopic (exact) mass is 240 g/mol. The summed E-state index contributed by atoms with van der Waals surface area (Å²) in [5, 5.41) is 0.613. The Morgan fingerprint density at radius 2 is 2.12 bits per heavy atom. The molecule has 3 heteroatoms. The van der Waals surface area contributed by atoms with Gasteiger partial charge < -0.3 is 4.74 Å². The van der Waals surface area contributed by atoms with E-state index in [9.17, 15) is 4.79 Å². The number of benzene rings is 1. The van der Waals surface area contributed by atoms with Gasteiger partial charge in [0.05, 0.1) is 0 Å². The summed E-state index contributed by atoms with van der Waals surface area (Å²) in [6.07, 6.45) is 0.737. The standard InChI is InChI=1S/C13H17ClO2/c1-9-6-11(8-12(14)7-9)13(15)10(2)4-5-16-3/h6-8,10H,4-5H2,1-3H3. The van der Waals surface area contributed by atoms with E-state index in [1.165, 1.54) is 0 Å². The molecule has 1 rings (SSSR count). The molecule has 0 fully saturated rings. The van der Waals surface area contributed by atoms with Gasteiger partial charge in [-0.2, -0.15) is 0 Å². The van der Waals surface area contributed by atoms with E-state index >= 15 is 0 Å². The van der Waals surface area contributed by atoms with Crippen molar-refractivity contribution in [3.8, 4) is 0 Å². The number of Topliss-reactive ketones (excluding diaryl/α,β-unsaturated/α-hetero) is 1. The number of hydrogen-bond acceptors (Lipinski definition) is 2. The van der Waals surface area contributed by atoms with Gasteiger partial charge in [-0.3, -0.25) is 4.79 Å². The van der Waals surface area contributed by atoms with Gasteiger partial charge >= 0.3 is 0 Å². The molecule has 0 aliphatic heterocycles. The Labute approximate surface area is 102 Å². The third-order valence-corrected chi connectivity index (χ3v) is 2.75. The van der Waals surface area contributed by atoms with E-state index in [2.05, 4.69) is 0 Å². The maximum atomic E-state index is 12.0. The number of aryl methyl sites for hydroxylation is 1. The van der Waals surface area contributed by atoms with Crippen LogP contribution in [0.15, 0.2) is 18.2 Å². The minimum Gasteiger partial charge on any atom is -0.385 e. The Kier molecular flexibility index (Phi) is 4.97. The Balaban J connectivity index is 2.79. The number of rotatable bonds is 5. The molecule has 1 atom stereocenters. The van der Waals surface area contributed by atoms with Crippen molar-refractivity contribution in [2.75, 3.05) is 13.7 Å². The van der Waals surface area contributed by atoms with Crippen LogP contribution in [0, 0.1) is 12.8 Å². The minimum atomic E-state index is -0.0298. The molecule has 0 saturated carbocycles. The van der Waals surface area contributed by atoms with Gasteiger partial charge in [0, 0.05) is 30.2 Å². The molecule has 0 amide bonds. The average molecular weight is 241 g/mol. The molecule has 0 radical (unpaired) electrons. The van der Waals surface area contributed by atoms with Crippen molar-refractivity contribution in [2.45, 2.75) is 20.3 Å². The SMILES string of the molecule is COCCC(C)C(=O)c1cc(C)cc(Cl)c1. The van der Waals surface area contributed by atoms with Crippen LogP contribution < -0.4 is 0 Å². The van der Waals surface area contributed by atoms with E-state index in [1.54, 1.807) is 13.2 Å². The van der Waals surface area contributed by atoms with Crippen LogP contribution in [0.1, 0.15) is 29.3 Å². The lowest BCUT2D eigenvalue weighted by Crippen LogP contribution is -2.13. The summed E-state index contributed by atoms with van der Waals surface area (Å²) in [4.78, 5) is 12.0. The molecule has 1 aromatic rings. The molecule has 0 aromatic heterocycles. The zero-order valence-corrected chi connectivity index (χ0v) is 10.7. The molecule has 0 saturated heterocycles. The van der Waals surface area contributed by atoms with Crippen molar-refractivity contribution >= 4 is 17.4 Å². The van der Waals surface area contributed by atoms with Gasteiger partial charge in [0.25, 0.3) is 0 Å². The first-order valence-corrected chi connectivity index (χ1v) is 5.72. The first kappa shape index (κ1) is 13.2. The van der Waals surface area contributed by atoms with Gasteiger partial charge in [-0.05, 0) is 37.1 Å². The highest BCUT2D eigenvalue weighted by atomic mass is 35.5. The summed E-state index contributed by atoms with van der Waals surface area (Å²) in [6.45, 7) is 4.45. The van der Waals surface area contributed by atoms with Gasteiger partial charge in [0.2, 0.25) is 0 Å². The van der Waals surface area contributed by atoms with Gasteiger partial charge in [-0.1, -0.05) is 18.5 Å². The second-order valence-corrected chi connectivity index (χ2v) is 4.50. The van der Waals surface area contributed by atoms with Crippen molar-refractivity contribution in [1.29, 1.82) is 0 Å². The fraction of sp³-hybridized carbons (Fsp3) is 0.462. The number of hydrogen-bond donors (Lipinski definition) is 0. The first-order valence-electron chi connectivity index (χ1n) is 5.35. The van der Waals surface area contributed by atoms with Crippen LogP contribution in [0.5, 0.6) is 0 Å². The summed E-state index contributed by atoms with van der Waals surface area (Å²) in [5.74, 6) is 0.0977. The Hall–Kier alpha value is -0.860. The zero-order valence-electron chi connectivity index (χ0n) is 9.92. The molecule has 1 aromatic carbocycles. The lowest BCUT2D eigenvalue weighted by Gasteiger charge is -2.10. The largest absolute Gasteiger partial charge is 0.385 e. The molecule has 2 nitrogen and oxygen atoms in total. The molecule has 0 spiro atoms. The molecule has 88 valence electrons. The molecule has 0 aliphatic rings. The lowest BCUT2D eigenvalue weighted by atomic mass is 9.96. The minimum absolute atomic E-state index is 0.0298. The number of ketones is 1. The molecule has 0 aliphatic carbocycles. The highest BCUT2D eigenvalue weighted by Gasteiger charge is 2.15. The van der Waals surface area contributed by atoms with Gasteiger partial charge in [0.1, 0.15) is 0 Å². The summed E-state index contributed by atoms with van der Waals surface area (Å²) in [5.41, 5.74) is 1.70. The predicted molar refractivity (Wildman–Crippen MR) is 66.2 cm³/mol. The second-order valence-electron chi connectivity index (χ2n) is 4.06. The van der Waals surface area contributed by atoms with Crippen molar-refractivity contribution in [2.24, 2.45) is 5.92 Å². The van der Waals surface area contributed by atoms with Crippen molar-refractivity contribution in [3.05, 3.63) is 34.3 Å². The smallest absolute Gasteiger partial charge is 0.165 e. The lowest BCUT2D eigenvalue weighted by molar-refractivity contribution is 0.0893. The second kappa shape index (κ2) is 6.02. The molecule has 0 bridgehead atoms. The molecule has 16 heavy (non-hydrogen) atoms. The highest BCUT2D eigenvalue weighted by Crippen LogP contribution is 2.18. The van der Waals surface area contributed by atoms with E-state index in [1.807, 2.05) is 26.0 Å². The number of ether oxygens (including phenoxy) is 1. The fourth-order valence-electron chi connectivity index (χ4n) is 1.59. The predicted octanol–water partition coefficient (Wildman–Crippen LogP) is 3.50. The third kappa shape index (κ3) is 3.62. The summed E-state index contributed by atoms with van der Waals surface area (Å²) >= 11 is 5.93. The van der Waals surface area contributed by atoms with E-state index in [-0.39, 0.29) is 11.7 Å². The van der Waals surface area contributed by atoms with Crippen molar-refractivity contribution < 1.29 is 9.53 Å². The topological polar surface area (TPSA) is 26.3 Å². The van der Waals surface area contributed by atoms with Crippen molar-refractivity contribution in [3.63, 3.8) is 0 Å². The Bertz CT molecular complexity index is 354. The van der Waals surface area contributed by atoms with E-state index in [0.717, 1.165) is 12.0 Å². The third-order valence-electron chi connectivity index (χ3n) is 2.53. The van der Waals surface area contributed by atoms with Gasteiger partial charge in [-0.25, -0.2) is 0 Å². The van der Waals surface area contributed by atoms with Crippen LogP contribution in [0.4, 0.5) is 0 Å². The van der Waals surface area contributed by atoms with Gasteiger partial charge in [-0.15, -0.1) is 0 Å². The highest BCUT2D eigenvalue weighted by molar-refractivity contribution is 6.31. The Morgan fingerprint density at radius 1 is 1.44 bits per heavy atom. The normalized spacial score (nSPS) is 12.5. The molecule has 0 heterocycles. The molecular weight excluding hydrogens is 224 g/mol. The maximum absolute atomic E-state index is 12.0. The number of methoxy groups -OCH3 is 1. The number of halogens is 1. The van der Waals surface area contributed by atoms with E-state index in [0.29, 0.717) is 17.2 Å². The fourth-order valence-corrected chi connectivity index (χ4v) is 1.88. The van der Waals surface area contributed by atoms with Crippen LogP contribution in [-0.2, 0) is 4.74 Å². The molecule has 0 N–H and O–H groups in total. The molecular formula is C13H17ClO2. The number of carbonyl (C=O) groups is 1. The zero-order chi connectivity index (χ0) is 12.1. The van der Waals surface area contributed by atoms with Gasteiger partial charge in [0.15, 0.2) is 5.78 Å². The summed E-state index contributed by atoms with van der Waals surface area (Å²) in [6, 6.07) is 5.44. The molecule has 1 unspecified atom stereocenters. The summed E-state index contributed by atoms with van der Waals surface area (Å²) in [7, 11) is 1.64. The van der Waals surface area contributed by atoms with Crippen molar-refractivity contribution in [1.82, 2.24) is 0 Å². The first-order chi connectivity index (χ1) is 7.54. The van der Waals surface area contributed by atoms with Crippen LogP contribution in [0.25, 0.3) is 0 Å². The van der Waals surface area contributed by atoms with E-state index in [4.69, 9.17) is 16.3 Å².